The van der Waals surface area contributed by atoms with Crippen molar-refractivity contribution >= 4 is 5.91 Å². The number of nitrogens with zero attached hydrogens (tertiary/aromatic N) is 7. The topological polar surface area (TPSA) is 125 Å². The molecule has 1 amide bonds. The lowest BCUT2D eigenvalue weighted by molar-refractivity contribution is 0.0753. The maximum atomic E-state index is 13.0. The van der Waals surface area contributed by atoms with Crippen molar-refractivity contribution in [3.63, 3.8) is 0 Å². The summed E-state index contributed by atoms with van der Waals surface area (Å²) in [6, 6.07) is 3.59. The molecule has 5 heterocycles. The van der Waals surface area contributed by atoms with Crippen LogP contribution in [0, 0.1) is 13.8 Å². The molecule has 33 heavy (non-hydrogen) atoms. The number of furan rings is 1. The standard InChI is InChI=1S/C22H23N7O4/c1-14-19(15(2)33-26-14)9-18-3-4-20(32-18)22(30)28-8-5-17(12-28)29-11-16(25-27-29)13-31-21-10-23-6-7-24-21/h3-4,6-7,10-11,17H,5,8-9,12-13H2,1-2H3. The smallest absolute Gasteiger partial charge is 0.289 e. The molecule has 1 unspecified atom stereocenters. The first-order chi connectivity index (χ1) is 16.1. The number of carbonyl (C=O) groups is 1. The van der Waals surface area contributed by atoms with Crippen LogP contribution in [0.2, 0.25) is 0 Å². The molecular formula is C22H23N7O4. The zero-order chi connectivity index (χ0) is 22.8. The lowest BCUT2D eigenvalue weighted by atomic mass is 10.1. The third-order valence-corrected chi connectivity index (χ3v) is 5.69. The van der Waals surface area contributed by atoms with Gasteiger partial charge in [0.15, 0.2) is 5.76 Å². The van der Waals surface area contributed by atoms with E-state index in [4.69, 9.17) is 13.7 Å². The minimum absolute atomic E-state index is 0.0449. The highest BCUT2D eigenvalue weighted by Crippen LogP contribution is 2.25. The van der Waals surface area contributed by atoms with Gasteiger partial charge in [0.1, 0.15) is 23.8 Å². The third kappa shape index (κ3) is 4.47. The molecule has 0 radical (unpaired) electrons. The molecule has 0 spiro atoms. The number of hydrogen-bond donors (Lipinski definition) is 0. The van der Waals surface area contributed by atoms with Crippen LogP contribution in [0.4, 0.5) is 0 Å². The Morgan fingerprint density at radius 1 is 1.27 bits per heavy atom. The minimum Gasteiger partial charge on any atom is -0.470 e. The molecule has 4 aromatic rings. The van der Waals surface area contributed by atoms with Crippen molar-refractivity contribution in [1.29, 1.82) is 0 Å². The van der Waals surface area contributed by atoms with E-state index in [0.717, 1.165) is 23.4 Å². The monoisotopic (exact) mass is 449 g/mol. The highest BCUT2D eigenvalue weighted by molar-refractivity contribution is 5.91. The van der Waals surface area contributed by atoms with Crippen LogP contribution in [0.15, 0.2) is 45.9 Å². The summed E-state index contributed by atoms with van der Waals surface area (Å²) >= 11 is 0. The van der Waals surface area contributed by atoms with Crippen molar-refractivity contribution in [3.05, 3.63) is 71.2 Å². The first-order valence-electron chi connectivity index (χ1n) is 10.7. The summed E-state index contributed by atoms with van der Waals surface area (Å²) in [6.45, 7) is 5.16. The van der Waals surface area contributed by atoms with Gasteiger partial charge in [-0.2, -0.15) is 0 Å². The summed E-state index contributed by atoms with van der Waals surface area (Å²) in [5, 5.41) is 12.3. The van der Waals surface area contributed by atoms with Gasteiger partial charge >= 0.3 is 0 Å². The summed E-state index contributed by atoms with van der Waals surface area (Å²) in [5.74, 6) is 2.08. The number of hydrogen-bond acceptors (Lipinski definition) is 9. The van der Waals surface area contributed by atoms with E-state index in [-0.39, 0.29) is 18.6 Å². The first kappa shape index (κ1) is 20.9. The number of rotatable bonds is 7. The van der Waals surface area contributed by atoms with Crippen LogP contribution in [-0.2, 0) is 13.0 Å². The van der Waals surface area contributed by atoms with E-state index in [9.17, 15) is 4.79 Å². The van der Waals surface area contributed by atoms with Crippen molar-refractivity contribution in [3.8, 4) is 5.88 Å². The first-order valence-corrected chi connectivity index (χ1v) is 10.7. The molecule has 1 fully saturated rings. The highest BCUT2D eigenvalue weighted by Gasteiger charge is 2.30. The largest absolute Gasteiger partial charge is 0.470 e. The summed E-state index contributed by atoms with van der Waals surface area (Å²) in [5.41, 5.74) is 2.49. The quantitative estimate of drug-likeness (QED) is 0.418. The predicted octanol–water partition coefficient (Wildman–Crippen LogP) is 2.52. The molecule has 0 saturated carbocycles. The van der Waals surface area contributed by atoms with Crippen LogP contribution in [0.25, 0.3) is 0 Å². The molecule has 1 aliphatic rings. The van der Waals surface area contributed by atoms with Gasteiger partial charge in [0.25, 0.3) is 5.91 Å². The average molecular weight is 449 g/mol. The Morgan fingerprint density at radius 3 is 2.97 bits per heavy atom. The molecule has 1 aliphatic heterocycles. The van der Waals surface area contributed by atoms with E-state index in [2.05, 4.69) is 25.4 Å². The molecule has 4 aromatic heterocycles. The fourth-order valence-corrected chi connectivity index (χ4v) is 3.88. The molecule has 1 atom stereocenters. The number of ether oxygens (including phenoxy) is 1. The van der Waals surface area contributed by atoms with Crippen molar-refractivity contribution in [2.24, 2.45) is 0 Å². The van der Waals surface area contributed by atoms with Gasteiger partial charge in [0, 0.05) is 37.5 Å². The van der Waals surface area contributed by atoms with E-state index < -0.39 is 0 Å². The summed E-state index contributed by atoms with van der Waals surface area (Å²) < 4.78 is 18.4. The normalized spacial score (nSPS) is 15.8. The molecule has 11 heteroatoms. The molecule has 0 bridgehead atoms. The maximum absolute atomic E-state index is 13.0. The fourth-order valence-electron chi connectivity index (χ4n) is 3.88. The summed E-state index contributed by atoms with van der Waals surface area (Å²) in [6.07, 6.45) is 7.85. The van der Waals surface area contributed by atoms with E-state index in [1.54, 1.807) is 34.2 Å². The summed E-state index contributed by atoms with van der Waals surface area (Å²) in [4.78, 5) is 22.8. The van der Waals surface area contributed by atoms with Crippen molar-refractivity contribution < 1.29 is 18.5 Å². The SMILES string of the molecule is Cc1noc(C)c1Cc1ccc(C(=O)N2CCC(n3cc(COc4cnccn4)nn3)C2)o1. The zero-order valence-electron chi connectivity index (χ0n) is 18.3. The van der Waals surface area contributed by atoms with E-state index in [1.165, 1.54) is 0 Å². The third-order valence-electron chi connectivity index (χ3n) is 5.69. The lowest BCUT2D eigenvalue weighted by Gasteiger charge is -2.15. The zero-order valence-corrected chi connectivity index (χ0v) is 18.3. The van der Waals surface area contributed by atoms with Gasteiger partial charge in [-0.1, -0.05) is 10.4 Å². The van der Waals surface area contributed by atoms with Crippen molar-refractivity contribution in [2.75, 3.05) is 13.1 Å². The Labute approximate surface area is 189 Å². The van der Waals surface area contributed by atoms with Gasteiger partial charge < -0.3 is 18.6 Å². The number of likely N-dealkylation sites (tertiary alicyclic amines) is 1. The van der Waals surface area contributed by atoms with Crippen LogP contribution >= 0.6 is 0 Å². The Kier molecular flexibility index (Phi) is 5.59. The molecule has 0 aromatic carbocycles. The second-order valence-corrected chi connectivity index (χ2v) is 7.96. The Balaban J connectivity index is 1.18. The lowest BCUT2D eigenvalue weighted by Crippen LogP contribution is -2.28. The predicted molar refractivity (Wildman–Crippen MR) is 113 cm³/mol. The van der Waals surface area contributed by atoms with Gasteiger partial charge in [-0.25, -0.2) is 9.67 Å². The second kappa shape index (κ2) is 8.85. The van der Waals surface area contributed by atoms with Crippen LogP contribution in [0.1, 0.15) is 51.5 Å². The highest BCUT2D eigenvalue weighted by atomic mass is 16.5. The molecule has 0 N–H and O–H groups in total. The van der Waals surface area contributed by atoms with Gasteiger partial charge in [-0.3, -0.25) is 9.78 Å². The van der Waals surface area contributed by atoms with Crippen molar-refractivity contribution in [2.45, 2.75) is 39.3 Å². The molecule has 170 valence electrons. The van der Waals surface area contributed by atoms with Crippen LogP contribution in [0.3, 0.4) is 0 Å². The molecule has 0 aliphatic carbocycles. The average Bonchev–Trinajstić information content (AvgIpc) is 3.63. The minimum atomic E-state index is -0.131. The molecule has 5 rings (SSSR count). The number of aromatic nitrogens is 6. The van der Waals surface area contributed by atoms with E-state index in [1.807, 2.05) is 26.1 Å². The number of amides is 1. The van der Waals surface area contributed by atoms with Crippen LogP contribution in [-0.4, -0.2) is 54.0 Å². The fraction of sp³-hybridized carbons (Fsp3) is 0.364. The summed E-state index contributed by atoms with van der Waals surface area (Å²) in [7, 11) is 0. The van der Waals surface area contributed by atoms with Gasteiger partial charge in [0.05, 0.1) is 24.1 Å². The molecule has 1 saturated heterocycles. The van der Waals surface area contributed by atoms with Gasteiger partial charge in [-0.15, -0.1) is 5.10 Å². The molecule has 11 nitrogen and oxygen atoms in total. The Bertz CT molecular complexity index is 1230. The number of carbonyl (C=O) groups excluding carboxylic acids is 1. The Morgan fingerprint density at radius 2 is 2.18 bits per heavy atom. The second-order valence-electron chi connectivity index (χ2n) is 7.96. The van der Waals surface area contributed by atoms with Gasteiger partial charge in [-0.05, 0) is 32.4 Å². The van der Waals surface area contributed by atoms with Crippen LogP contribution < -0.4 is 4.74 Å². The maximum Gasteiger partial charge on any atom is 0.289 e. The van der Waals surface area contributed by atoms with Gasteiger partial charge in [0.2, 0.25) is 5.88 Å². The van der Waals surface area contributed by atoms with Crippen molar-refractivity contribution in [1.82, 2.24) is 35.0 Å². The number of aryl methyl sites for hydroxylation is 2. The van der Waals surface area contributed by atoms with Crippen LogP contribution in [0.5, 0.6) is 5.88 Å². The van der Waals surface area contributed by atoms with E-state index >= 15 is 0 Å². The molecular weight excluding hydrogens is 426 g/mol. The van der Waals surface area contributed by atoms with E-state index in [0.29, 0.717) is 42.6 Å². The Hall–Kier alpha value is -4.02.